The number of carbonyl (C=O) groups excluding carboxylic acids is 1. The van der Waals surface area contributed by atoms with Gasteiger partial charge in [-0.3, -0.25) is 9.20 Å². The molecule has 28 heavy (non-hydrogen) atoms. The van der Waals surface area contributed by atoms with Crippen LogP contribution in [-0.4, -0.2) is 27.1 Å². The maximum Gasteiger partial charge on any atom is 0.224 e. The highest BCUT2D eigenvalue weighted by atomic mass is 16.5. The van der Waals surface area contributed by atoms with E-state index in [2.05, 4.69) is 35.4 Å². The number of hydrogen-bond acceptors (Lipinski definition) is 4. The normalized spacial score (nSPS) is 12.1. The summed E-state index contributed by atoms with van der Waals surface area (Å²) in [5.74, 6) is 1.56. The van der Waals surface area contributed by atoms with Crippen LogP contribution in [-0.2, 0) is 4.79 Å². The van der Waals surface area contributed by atoms with E-state index in [-0.39, 0.29) is 11.9 Å². The smallest absolute Gasteiger partial charge is 0.224 e. The van der Waals surface area contributed by atoms with E-state index in [0.29, 0.717) is 13.0 Å². The SMILES string of the molecule is CCCC(NC(=O)CCOc1cc(C)cc(C)c1C)c1nnc2ccccn12. The molecule has 1 N–H and O–H groups in total. The summed E-state index contributed by atoms with van der Waals surface area (Å²) < 4.78 is 7.80. The fourth-order valence-electron chi connectivity index (χ4n) is 3.32. The minimum atomic E-state index is -0.169. The van der Waals surface area contributed by atoms with E-state index in [1.165, 1.54) is 5.56 Å². The molecule has 0 aliphatic heterocycles. The third-order valence-corrected chi connectivity index (χ3v) is 4.92. The van der Waals surface area contributed by atoms with Crippen molar-refractivity contribution in [1.82, 2.24) is 19.9 Å². The number of hydrogen-bond donors (Lipinski definition) is 1. The molecule has 1 atom stereocenters. The average Bonchev–Trinajstić information content (AvgIpc) is 3.09. The van der Waals surface area contributed by atoms with Gasteiger partial charge in [0.05, 0.1) is 19.1 Å². The number of benzene rings is 1. The van der Waals surface area contributed by atoms with Crippen molar-refractivity contribution in [2.45, 2.75) is 53.0 Å². The maximum atomic E-state index is 12.5. The average molecular weight is 380 g/mol. The minimum absolute atomic E-state index is 0.0480. The van der Waals surface area contributed by atoms with Gasteiger partial charge in [0, 0.05) is 6.20 Å². The Hall–Kier alpha value is -2.89. The van der Waals surface area contributed by atoms with E-state index in [1.54, 1.807) is 0 Å². The summed E-state index contributed by atoms with van der Waals surface area (Å²) in [7, 11) is 0. The maximum absolute atomic E-state index is 12.5. The van der Waals surface area contributed by atoms with Gasteiger partial charge in [-0.25, -0.2) is 0 Å². The van der Waals surface area contributed by atoms with Crippen LogP contribution in [0.3, 0.4) is 0 Å². The van der Waals surface area contributed by atoms with E-state index in [1.807, 2.05) is 48.7 Å². The van der Waals surface area contributed by atoms with Gasteiger partial charge >= 0.3 is 0 Å². The highest BCUT2D eigenvalue weighted by molar-refractivity contribution is 5.76. The molecular formula is C22H28N4O2. The molecule has 0 fully saturated rings. The van der Waals surface area contributed by atoms with Crippen LogP contribution in [0, 0.1) is 20.8 Å². The Morgan fingerprint density at radius 2 is 2.04 bits per heavy atom. The quantitative estimate of drug-likeness (QED) is 0.639. The molecule has 1 amide bonds. The van der Waals surface area contributed by atoms with Crippen molar-refractivity contribution in [2.24, 2.45) is 0 Å². The van der Waals surface area contributed by atoms with Crippen LogP contribution in [0.1, 0.15) is 54.7 Å². The third kappa shape index (κ3) is 4.50. The number of aromatic nitrogens is 3. The fourth-order valence-corrected chi connectivity index (χ4v) is 3.32. The van der Waals surface area contributed by atoms with E-state index < -0.39 is 0 Å². The first kappa shape index (κ1) is 19.9. The second-order valence-corrected chi connectivity index (χ2v) is 7.20. The zero-order valence-electron chi connectivity index (χ0n) is 17.0. The van der Waals surface area contributed by atoms with Crippen molar-refractivity contribution in [2.75, 3.05) is 6.61 Å². The van der Waals surface area contributed by atoms with E-state index in [0.717, 1.165) is 41.2 Å². The van der Waals surface area contributed by atoms with Crippen molar-refractivity contribution in [3.63, 3.8) is 0 Å². The van der Waals surface area contributed by atoms with Gasteiger partial charge < -0.3 is 10.1 Å². The zero-order chi connectivity index (χ0) is 20.1. The summed E-state index contributed by atoms with van der Waals surface area (Å²) in [6.45, 7) is 8.59. The lowest BCUT2D eigenvalue weighted by atomic mass is 10.1. The second kappa shape index (κ2) is 8.87. The van der Waals surface area contributed by atoms with Gasteiger partial charge in [0.2, 0.25) is 5.91 Å². The molecule has 0 spiro atoms. The first-order valence-corrected chi connectivity index (χ1v) is 9.79. The van der Waals surface area contributed by atoms with Gasteiger partial charge in [0.15, 0.2) is 11.5 Å². The van der Waals surface area contributed by atoms with Crippen molar-refractivity contribution in [1.29, 1.82) is 0 Å². The summed E-state index contributed by atoms with van der Waals surface area (Å²) in [6.07, 6.45) is 3.96. The number of carbonyl (C=O) groups is 1. The molecule has 0 aliphatic rings. The highest BCUT2D eigenvalue weighted by Crippen LogP contribution is 2.23. The van der Waals surface area contributed by atoms with Crippen LogP contribution in [0.5, 0.6) is 5.75 Å². The lowest BCUT2D eigenvalue weighted by Crippen LogP contribution is -2.30. The summed E-state index contributed by atoms with van der Waals surface area (Å²) in [5, 5.41) is 11.6. The number of aryl methyl sites for hydroxylation is 2. The van der Waals surface area contributed by atoms with E-state index >= 15 is 0 Å². The molecule has 6 heteroatoms. The summed E-state index contributed by atoms with van der Waals surface area (Å²) in [5.41, 5.74) is 4.25. The number of amides is 1. The lowest BCUT2D eigenvalue weighted by Gasteiger charge is -2.17. The monoisotopic (exact) mass is 380 g/mol. The molecule has 1 unspecified atom stereocenters. The van der Waals surface area contributed by atoms with Crippen molar-refractivity contribution < 1.29 is 9.53 Å². The molecule has 0 bridgehead atoms. The van der Waals surface area contributed by atoms with Gasteiger partial charge in [0.25, 0.3) is 0 Å². The topological polar surface area (TPSA) is 68.5 Å². The molecule has 0 radical (unpaired) electrons. The van der Waals surface area contributed by atoms with Crippen LogP contribution >= 0.6 is 0 Å². The minimum Gasteiger partial charge on any atom is -0.493 e. The van der Waals surface area contributed by atoms with Gasteiger partial charge in [-0.2, -0.15) is 0 Å². The van der Waals surface area contributed by atoms with Crippen LogP contribution < -0.4 is 10.1 Å². The Morgan fingerprint density at radius 1 is 1.21 bits per heavy atom. The van der Waals surface area contributed by atoms with Crippen LogP contribution in [0.25, 0.3) is 5.65 Å². The summed E-state index contributed by atoms with van der Waals surface area (Å²) in [4.78, 5) is 12.5. The number of nitrogens with one attached hydrogen (secondary N) is 1. The van der Waals surface area contributed by atoms with Crippen LogP contribution in [0.2, 0.25) is 0 Å². The van der Waals surface area contributed by atoms with Crippen LogP contribution in [0.4, 0.5) is 0 Å². The van der Waals surface area contributed by atoms with Gasteiger partial charge in [-0.15, -0.1) is 10.2 Å². The Kier molecular flexibility index (Phi) is 6.29. The Balaban J connectivity index is 1.62. The predicted octanol–water partition coefficient (Wildman–Crippen LogP) is 4.08. The molecule has 148 valence electrons. The molecule has 2 aromatic heterocycles. The van der Waals surface area contributed by atoms with Crippen molar-refractivity contribution in [3.8, 4) is 5.75 Å². The number of pyridine rings is 1. The summed E-state index contributed by atoms with van der Waals surface area (Å²) >= 11 is 0. The third-order valence-electron chi connectivity index (χ3n) is 4.92. The standard InChI is InChI=1S/C22H28N4O2/c1-5-8-18(22-25-24-20-9-6-7-11-26(20)22)23-21(27)10-12-28-19-14-15(2)13-16(3)17(19)4/h6-7,9,11,13-14,18H,5,8,10,12H2,1-4H3,(H,23,27). The Morgan fingerprint density at radius 3 is 2.82 bits per heavy atom. The van der Waals surface area contributed by atoms with Crippen molar-refractivity contribution >= 4 is 11.6 Å². The first-order valence-electron chi connectivity index (χ1n) is 9.79. The second-order valence-electron chi connectivity index (χ2n) is 7.20. The molecule has 0 saturated heterocycles. The zero-order valence-corrected chi connectivity index (χ0v) is 17.0. The molecule has 0 aliphatic carbocycles. The number of fused-ring (bicyclic) bond motifs is 1. The molecule has 3 aromatic rings. The first-order chi connectivity index (χ1) is 13.5. The molecular weight excluding hydrogens is 352 g/mol. The molecule has 1 aromatic carbocycles. The number of ether oxygens (including phenoxy) is 1. The van der Waals surface area contributed by atoms with Gasteiger partial charge in [-0.1, -0.05) is 25.5 Å². The Bertz CT molecular complexity index is 964. The fraction of sp³-hybridized carbons (Fsp3) is 0.409. The van der Waals surface area contributed by atoms with Gasteiger partial charge in [0.1, 0.15) is 5.75 Å². The Labute approximate surface area is 165 Å². The van der Waals surface area contributed by atoms with Crippen LogP contribution in [0.15, 0.2) is 36.5 Å². The molecule has 2 heterocycles. The summed E-state index contributed by atoms with van der Waals surface area (Å²) in [6, 6.07) is 9.74. The van der Waals surface area contributed by atoms with E-state index in [9.17, 15) is 4.79 Å². The highest BCUT2D eigenvalue weighted by Gasteiger charge is 2.19. The van der Waals surface area contributed by atoms with E-state index in [4.69, 9.17) is 4.74 Å². The molecule has 0 saturated carbocycles. The largest absolute Gasteiger partial charge is 0.493 e. The molecule has 3 rings (SSSR count). The van der Waals surface area contributed by atoms with Crippen molar-refractivity contribution in [3.05, 3.63) is 59.0 Å². The van der Waals surface area contributed by atoms with Gasteiger partial charge in [-0.05, 0) is 62.1 Å². The lowest BCUT2D eigenvalue weighted by molar-refractivity contribution is -0.122. The number of rotatable bonds is 8. The predicted molar refractivity (Wildman–Crippen MR) is 110 cm³/mol. The number of nitrogens with zero attached hydrogens (tertiary/aromatic N) is 3. The molecule has 6 nitrogen and oxygen atoms in total.